The van der Waals surface area contributed by atoms with Crippen molar-refractivity contribution in [3.05, 3.63) is 22.4 Å². The molecule has 7 heteroatoms. The van der Waals surface area contributed by atoms with E-state index >= 15 is 0 Å². The van der Waals surface area contributed by atoms with E-state index in [4.69, 9.17) is 4.99 Å². The Kier molecular flexibility index (Phi) is 10.8. The standard InChI is InChI=1S/C20H34N4S2.HI/c1-3-21-20(23-17-8-9-18(12-17)25-2)22-13-16-6-4-10-24(14-16)15-19-7-5-11-26-19;/h5,7,11,16-18H,3-4,6,8-10,12-15H2,1-2H3,(H2,21,22,23);1H. The molecular formula is C20H35IN4S2. The number of aliphatic imine (C=N–C) groups is 1. The highest BCUT2D eigenvalue weighted by Gasteiger charge is 2.25. The van der Waals surface area contributed by atoms with Gasteiger partial charge in [0.1, 0.15) is 0 Å². The minimum absolute atomic E-state index is 0. The van der Waals surface area contributed by atoms with Gasteiger partial charge in [0.15, 0.2) is 5.96 Å². The van der Waals surface area contributed by atoms with E-state index in [9.17, 15) is 0 Å². The van der Waals surface area contributed by atoms with Crippen molar-refractivity contribution in [2.45, 2.75) is 56.9 Å². The highest BCUT2D eigenvalue weighted by molar-refractivity contribution is 14.0. The van der Waals surface area contributed by atoms with E-state index in [2.05, 4.69) is 46.2 Å². The summed E-state index contributed by atoms with van der Waals surface area (Å²) in [5, 5.41) is 10.1. The number of guanidine groups is 1. The molecule has 154 valence electrons. The summed E-state index contributed by atoms with van der Waals surface area (Å²) < 4.78 is 0. The number of hydrogen-bond acceptors (Lipinski definition) is 4. The topological polar surface area (TPSA) is 39.7 Å². The van der Waals surface area contributed by atoms with Gasteiger partial charge < -0.3 is 10.6 Å². The van der Waals surface area contributed by atoms with Crippen LogP contribution in [0.5, 0.6) is 0 Å². The second kappa shape index (κ2) is 12.5. The molecule has 2 fully saturated rings. The van der Waals surface area contributed by atoms with Crippen LogP contribution in [0.25, 0.3) is 0 Å². The second-order valence-corrected chi connectivity index (χ2v) is 9.72. The molecule has 27 heavy (non-hydrogen) atoms. The molecule has 1 aliphatic heterocycles. The first-order valence-electron chi connectivity index (χ1n) is 10.1. The van der Waals surface area contributed by atoms with Gasteiger partial charge in [0, 0.05) is 42.3 Å². The first-order valence-corrected chi connectivity index (χ1v) is 12.3. The van der Waals surface area contributed by atoms with Gasteiger partial charge in [-0.05, 0) is 69.2 Å². The van der Waals surface area contributed by atoms with Crippen LogP contribution in [0.1, 0.15) is 43.9 Å². The number of hydrogen-bond donors (Lipinski definition) is 2. The monoisotopic (exact) mass is 522 g/mol. The molecular weight excluding hydrogens is 487 g/mol. The normalized spacial score (nSPS) is 26.6. The smallest absolute Gasteiger partial charge is 0.191 e. The lowest BCUT2D eigenvalue weighted by Gasteiger charge is -2.31. The fourth-order valence-electron chi connectivity index (χ4n) is 4.09. The third-order valence-corrected chi connectivity index (χ3v) is 7.43. The zero-order chi connectivity index (χ0) is 18.2. The lowest BCUT2D eigenvalue weighted by atomic mass is 9.98. The highest BCUT2D eigenvalue weighted by Crippen LogP contribution is 2.28. The number of nitrogens with zero attached hydrogens (tertiary/aromatic N) is 2. The highest BCUT2D eigenvalue weighted by atomic mass is 127. The molecule has 0 spiro atoms. The Bertz CT molecular complexity index is 552. The van der Waals surface area contributed by atoms with Crippen molar-refractivity contribution >= 4 is 53.0 Å². The quantitative estimate of drug-likeness (QED) is 0.316. The maximum absolute atomic E-state index is 4.95. The van der Waals surface area contributed by atoms with Gasteiger partial charge in [-0.15, -0.1) is 35.3 Å². The molecule has 0 amide bonds. The summed E-state index contributed by atoms with van der Waals surface area (Å²) in [6.07, 6.45) is 8.71. The van der Waals surface area contributed by atoms with Crippen molar-refractivity contribution in [3.63, 3.8) is 0 Å². The molecule has 0 aromatic carbocycles. The van der Waals surface area contributed by atoms with Gasteiger partial charge in [0.25, 0.3) is 0 Å². The Morgan fingerprint density at radius 3 is 2.96 bits per heavy atom. The number of rotatable bonds is 7. The predicted molar refractivity (Wildman–Crippen MR) is 132 cm³/mol. The van der Waals surface area contributed by atoms with E-state index in [-0.39, 0.29) is 24.0 Å². The molecule has 1 aromatic heterocycles. The molecule has 2 N–H and O–H groups in total. The van der Waals surface area contributed by atoms with E-state index < -0.39 is 0 Å². The molecule has 3 unspecified atom stereocenters. The molecule has 1 aromatic rings. The summed E-state index contributed by atoms with van der Waals surface area (Å²) >= 11 is 3.88. The fourth-order valence-corrected chi connectivity index (χ4v) is 5.63. The van der Waals surface area contributed by atoms with Crippen LogP contribution in [-0.2, 0) is 6.54 Å². The van der Waals surface area contributed by atoms with Crippen molar-refractivity contribution in [1.29, 1.82) is 0 Å². The third-order valence-electron chi connectivity index (χ3n) is 5.47. The lowest BCUT2D eigenvalue weighted by molar-refractivity contribution is 0.172. The van der Waals surface area contributed by atoms with Crippen molar-refractivity contribution in [1.82, 2.24) is 15.5 Å². The maximum Gasteiger partial charge on any atom is 0.191 e. The Morgan fingerprint density at radius 1 is 1.37 bits per heavy atom. The van der Waals surface area contributed by atoms with Crippen LogP contribution in [0, 0.1) is 5.92 Å². The van der Waals surface area contributed by atoms with E-state index in [0.717, 1.165) is 30.8 Å². The van der Waals surface area contributed by atoms with Gasteiger partial charge in [0.2, 0.25) is 0 Å². The van der Waals surface area contributed by atoms with E-state index in [0.29, 0.717) is 12.0 Å². The van der Waals surface area contributed by atoms with Gasteiger partial charge in [-0.1, -0.05) is 6.07 Å². The predicted octanol–water partition coefficient (Wildman–Crippen LogP) is 4.42. The summed E-state index contributed by atoms with van der Waals surface area (Å²) in [6, 6.07) is 5.00. The van der Waals surface area contributed by atoms with E-state index in [1.54, 1.807) is 0 Å². The Balaban J connectivity index is 0.00000261. The van der Waals surface area contributed by atoms with Gasteiger partial charge >= 0.3 is 0 Å². The first-order chi connectivity index (χ1) is 12.8. The van der Waals surface area contributed by atoms with Crippen LogP contribution < -0.4 is 10.6 Å². The average molecular weight is 523 g/mol. The molecule has 1 aliphatic carbocycles. The van der Waals surface area contributed by atoms with Crippen LogP contribution in [0.3, 0.4) is 0 Å². The molecule has 1 saturated heterocycles. The molecule has 3 atom stereocenters. The molecule has 2 aliphatic rings. The Morgan fingerprint density at radius 2 is 2.26 bits per heavy atom. The molecule has 3 rings (SSSR count). The van der Waals surface area contributed by atoms with Crippen molar-refractivity contribution in [3.8, 4) is 0 Å². The second-order valence-electron chi connectivity index (χ2n) is 7.55. The fraction of sp³-hybridized carbons (Fsp3) is 0.750. The minimum atomic E-state index is 0. The summed E-state index contributed by atoms with van der Waals surface area (Å²) in [4.78, 5) is 9.03. The van der Waals surface area contributed by atoms with Gasteiger partial charge in [0.05, 0.1) is 0 Å². The number of halogens is 1. The van der Waals surface area contributed by atoms with Crippen LogP contribution in [-0.4, -0.2) is 54.6 Å². The first kappa shape index (κ1) is 23.3. The Labute approximate surface area is 190 Å². The summed E-state index contributed by atoms with van der Waals surface area (Å²) in [5.41, 5.74) is 0. The summed E-state index contributed by atoms with van der Waals surface area (Å²) in [6.45, 7) is 7.54. The van der Waals surface area contributed by atoms with Crippen molar-refractivity contribution in [2.75, 3.05) is 32.4 Å². The number of nitrogens with one attached hydrogen (secondary N) is 2. The van der Waals surface area contributed by atoms with E-state index in [1.165, 1.54) is 50.1 Å². The number of piperidine rings is 1. The van der Waals surface area contributed by atoms with Gasteiger partial charge in [-0.2, -0.15) is 11.8 Å². The largest absolute Gasteiger partial charge is 0.357 e. The van der Waals surface area contributed by atoms with Crippen LogP contribution in [0.15, 0.2) is 22.5 Å². The van der Waals surface area contributed by atoms with Crippen molar-refractivity contribution in [2.24, 2.45) is 10.9 Å². The van der Waals surface area contributed by atoms with Crippen LogP contribution >= 0.6 is 47.1 Å². The molecule has 1 saturated carbocycles. The number of thiophene rings is 1. The number of thioether (sulfide) groups is 1. The molecule has 0 bridgehead atoms. The lowest BCUT2D eigenvalue weighted by Crippen LogP contribution is -2.43. The zero-order valence-corrected chi connectivity index (χ0v) is 20.6. The van der Waals surface area contributed by atoms with Crippen LogP contribution in [0.4, 0.5) is 0 Å². The Hall–Kier alpha value is 0.01000. The minimum Gasteiger partial charge on any atom is -0.357 e. The molecule has 4 nitrogen and oxygen atoms in total. The number of likely N-dealkylation sites (tertiary alicyclic amines) is 1. The molecule has 0 radical (unpaired) electrons. The maximum atomic E-state index is 4.95. The average Bonchev–Trinajstić information content (AvgIpc) is 3.32. The molecule has 2 heterocycles. The van der Waals surface area contributed by atoms with E-state index in [1.807, 2.05) is 23.1 Å². The summed E-state index contributed by atoms with van der Waals surface area (Å²) in [7, 11) is 0. The third kappa shape index (κ3) is 7.74. The van der Waals surface area contributed by atoms with Crippen LogP contribution in [0.2, 0.25) is 0 Å². The zero-order valence-electron chi connectivity index (χ0n) is 16.7. The van der Waals surface area contributed by atoms with Crippen molar-refractivity contribution < 1.29 is 0 Å². The summed E-state index contributed by atoms with van der Waals surface area (Å²) in [5.74, 6) is 1.70. The van der Waals surface area contributed by atoms with Gasteiger partial charge in [-0.25, -0.2) is 0 Å². The van der Waals surface area contributed by atoms with Gasteiger partial charge in [-0.3, -0.25) is 9.89 Å². The SMILES string of the molecule is CCNC(=NCC1CCCN(Cc2cccs2)C1)NC1CCC(SC)C1.I.